The molecule has 0 spiro atoms. The number of aromatic nitrogens is 2. The predicted molar refractivity (Wildman–Crippen MR) is 118 cm³/mol. The lowest BCUT2D eigenvalue weighted by Gasteiger charge is -2.22. The minimum absolute atomic E-state index is 0.0178. The van der Waals surface area contributed by atoms with Crippen molar-refractivity contribution in [3.8, 4) is 5.69 Å². The van der Waals surface area contributed by atoms with Crippen LogP contribution in [-0.2, 0) is 11.3 Å². The van der Waals surface area contributed by atoms with E-state index in [-0.39, 0.29) is 11.9 Å². The fourth-order valence-electron chi connectivity index (χ4n) is 3.96. The highest BCUT2D eigenvalue weighted by molar-refractivity contribution is 5.76. The summed E-state index contributed by atoms with van der Waals surface area (Å²) in [5.41, 5.74) is 3.99. The Bertz CT molecular complexity index is 841. The maximum Gasteiger partial charge on any atom is 0.315 e. The summed E-state index contributed by atoms with van der Waals surface area (Å²) in [4.78, 5) is 24.1. The van der Waals surface area contributed by atoms with Gasteiger partial charge in [0.1, 0.15) is 0 Å². The standard InChI is InChI=1S/C23H33N5O2/c1-17-21(18(2)28(27-17)20-12-7-4-8-13-20)16-25-22(29)14-9-15-24-23(30)26-19-10-5-3-6-11-19/h4,7-8,12-13,19H,3,5-6,9-11,14-16H2,1-2H3,(H,25,29)(H2,24,26,30). The fraction of sp³-hybridized carbons (Fsp3) is 0.522. The molecule has 0 radical (unpaired) electrons. The molecular formula is C23H33N5O2. The monoisotopic (exact) mass is 411 g/mol. The average Bonchev–Trinajstić information content (AvgIpc) is 3.04. The minimum Gasteiger partial charge on any atom is -0.352 e. The van der Waals surface area contributed by atoms with Crippen molar-refractivity contribution in [1.82, 2.24) is 25.7 Å². The molecule has 1 saturated carbocycles. The van der Waals surface area contributed by atoms with Crippen LogP contribution in [0.4, 0.5) is 4.79 Å². The topological polar surface area (TPSA) is 88.1 Å². The smallest absolute Gasteiger partial charge is 0.315 e. The van der Waals surface area contributed by atoms with Gasteiger partial charge in [0.05, 0.1) is 11.4 Å². The Hall–Kier alpha value is -2.83. The van der Waals surface area contributed by atoms with Crippen LogP contribution in [0.1, 0.15) is 61.9 Å². The molecule has 1 aromatic heterocycles. The molecule has 7 heteroatoms. The lowest BCUT2D eigenvalue weighted by atomic mass is 9.96. The zero-order valence-electron chi connectivity index (χ0n) is 18.0. The molecule has 3 amide bonds. The van der Waals surface area contributed by atoms with E-state index in [9.17, 15) is 9.59 Å². The van der Waals surface area contributed by atoms with Crippen molar-refractivity contribution >= 4 is 11.9 Å². The highest BCUT2D eigenvalue weighted by atomic mass is 16.2. The van der Waals surface area contributed by atoms with E-state index < -0.39 is 0 Å². The molecule has 0 unspecified atom stereocenters. The molecule has 30 heavy (non-hydrogen) atoms. The summed E-state index contributed by atoms with van der Waals surface area (Å²) in [5.74, 6) is -0.0178. The van der Waals surface area contributed by atoms with Gasteiger partial charge in [0, 0.05) is 36.8 Å². The third-order valence-corrected chi connectivity index (χ3v) is 5.71. The number of nitrogens with one attached hydrogen (secondary N) is 3. The van der Waals surface area contributed by atoms with Crippen molar-refractivity contribution in [2.75, 3.05) is 6.54 Å². The molecule has 1 aliphatic carbocycles. The van der Waals surface area contributed by atoms with Crippen LogP contribution < -0.4 is 16.0 Å². The first-order chi connectivity index (χ1) is 14.5. The van der Waals surface area contributed by atoms with E-state index in [1.165, 1.54) is 19.3 Å². The van der Waals surface area contributed by atoms with Crippen LogP contribution in [0.25, 0.3) is 5.69 Å². The molecule has 3 N–H and O–H groups in total. The second-order valence-corrected chi connectivity index (χ2v) is 8.01. The van der Waals surface area contributed by atoms with Crippen molar-refractivity contribution < 1.29 is 9.59 Å². The summed E-state index contributed by atoms with van der Waals surface area (Å²) in [5, 5.41) is 13.5. The summed E-state index contributed by atoms with van der Waals surface area (Å²) in [6, 6.07) is 10.1. The van der Waals surface area contributed by atoms with Crippen LogP contribution in [0.3, 0.4) is 0 Å². The van der Waals surface area contributed by atoms with Gasteiger partial charge in [0.2, 0.25) is 5.91 Å². The van der Waals surface area contributed by atoms with E-state index in [0.29, 0.717) is 32.0 Å². The number of para-hydroxylation sites is 1. The van der Waals surface area contributed by atoms with Gasteiger partial charge in [0.15, 0.2) is 0 Å². The van der Waals surface area contributed by atoms with E-state index in [0.717, 1.165) is 35.5 Å². The summed E-state index contributed by atoms with van der Waals surface area (Å²) >= 11 is 0. The third kappa shape index (κ3) is 6.08. The number of hydrogen-bond acceptors (Lipinski definition) is 3. The summed E-state index contributed by atoms with van der Waals surface area (Å²) < 4.78 is 1.91. The normalized spacial score (nSPS) is 14.3. The lowest BCUT2D eigenvalue weighted by molar-refractivity contribution is -0.121. The van der Waals surface area contributed by atoms with Gasteiger partial charge in [-0.25, -0.2) is 9.48 Å². The molecule has 1 heterocycles. The van der Waals surface area contributed by atoms with Crippen molar-refractivity contribution in [3.63, 3.8) is 0 Å². The van der Waals surface area contributed by atoms with Gasteiger partial charge in [-0.2, -0.15) is 5.10 Å². The van der Waals surface area contributed by atoms with Crippen LogP contribution in [0.5, 0.6) is 0 Å². The number of aryl methyl sites for hydroxylation is 1. The van der Waals surface area contributed by atoms with E-state index in [1.54, 1.807) is 0 Å². The SMILES string of the molecule is Cc1nn(-c2ccccc2)c(C)c1CNC(=O)CCCNC(=O)NC1CCCCC1. The van der Waals surface area contributed by atoms with Gasteiger partial charge >= 0.3 is 6.03 Å². The van der Waals surface area contributed by atoms with Crippen LogP contribution >= 0.6 is 0 Å². The van der Waals surface area contributed by atoms with E-state index >= 15 is 0 Å². The van der Waals surface area contributed by atoms with Gasteiger partial charge < -0.3 is 16.0 Å². The molecule has 1 aromatic carbocycles. The molecule has 3 rings (SSSR count). The summed E-state index contributed by atoms with van der Waals surface area (Å²) in [6.45, 7) is 4.93. The van der Waals surface area contributed by atoms with Crippen LogP contribution in [-0.4, -0.2) is 34.3 Å². The predicted octanol–water partition coefficient (Wildman–Crippen LogP) is 3.52. The molecule has 0 bridgehead atoms. The molecule has 0 saturated heterocycles. The quantitative estimate of drug-likeness (QED) is 0.581. The van der Waals surface area contributed by atoms with Crippen molar-refractivity contribution in [1.29, 1.82) is 0 Å². The molecule has 1 aliphatic rings. The maximum absolute atomic E-state index is 12.2. The first-order valence-corrected chi connectivity index (χ1v) is 11.0. The highest BCUT2D eigenvalue weighted by Gasteiger charge is 2.16. The number of rotatable bonds is 8. The third-order valence-electron chi connectivity index (χ3n) is 5.71. The zero-order valence-corrected chi connectivity index (χ0v) is 18.0. The van der Waals surface area contributed by atoms with E-state index in [4.69, 9.17) is 0 Å². The van der Waals surface area contributed by atoms with Crippen molar-refractivity contribution in [2.24, 2.45) is 0 Å². The number of benzene rings is 1. The Labute approximate surface area is 178 Å². The zero-order chi connectivity index (χ0) is 21.3. The Morgan fingerprint density at radius 2 is 1.80 bits per heavy atom. The number of amides is 3. The number of urea groups is 1. The molecule has 2 aromatic rings. The first-order valence-electron chi connectivity index (χ1n) is 11.0. The Balaban J connectivity index is 1.38. The second kappa shape index (κ2) is 10.8. The van der Waals surface area contributed by atoms with Gasteiger partial charge in [-0.15, -0.1) is 0 Å². The molecule has 0 aliphatic heterocycles. The average molecular weight is 412 g/mol. The molecule has 0 atom stereocenters. The fourth-order valence-corrected chi connectivity index (χ4v) is 3.96. The van der Waals surface area contributed by atoms with Gasteiger partial charge in [-0.1, -0.05) is 37.5 Å². The number of hydrogen-bond donors (Lipinski definition) is 3. The molecule has 1 fully saturated rings. The number of carbonyl (C=O) groups excluding carboxylic acids is 2. The van der Waals surface area contributed by atoms with Gasteiger partial charge in [-0.05, 0) is 45.2 Å². The van der Waals surface area contributed by atoms with Crippen LogP contribution in [0.2, 0.25) is 0 Å². The maximum atomic E-state index is 12.2. The van der Waals surface area contributed by atoms with E-state index in [2.05, 4.69) is 21.0 Å². The highest BCUT2D eigenvalue weighted by Crippen LogP contribution is 2.18. The molecule has 7 nitrogen and oxygen atoms in total. The molecular weight excluding hydrogens is 378 g/mol. The van der Waals surface area contributed by atoms with Crippen LogP contribution in [0.15, 0.2) is 30.3 Å². The summed E-state index contributed by atoms with van der Waals surface area (Å²) in [7, 11) is 0. The largest absolute Gasteiger partial charge is 0.352 e. The lowest BCUT2D eigenvalue weighted by Crippen LogP contribution is -2.43. The number of nitrogens with zero attached hydrogens (tertiary/aromatic N) is 2. The van der Waals surface area contributed by atoms with Gasteiger partial charge in [-0.3, -0.25) is 4.79 Å². The molecule has 162 valence electrons. The van der Waals surface area contributed by atoms with E-state index in [1.807, 2.05) is 48.9 Å². The van der Waals surface area contributed by atoms with Gasteiger partial charge in [0.25, 0.3) is 0 Å². The Kier molecular flexibility index (Phi) is 7.88. The Morgan fingerprint density at radius 3 is 2.53 bits per heavy atom. The van der Waals surface area contributed by atoms with Crippen molar-refractivity contribution in [2.45, 2.75) is 71.4 Å². The number of carbonyl (C=O) groups is 2. The second-order valence-electron chi connectivity index (χ2n) is 8.01. The van der Waals surface area contributed by atoms with Crippen LogP contribution in [0, 0.1) is 13.8 Å². The minimum atomic E-state index is -0.123. The van der Waals surface area contributed by atoms with Crippen molar-refractivity contribution in [3.05, 3.63) is 47.3 Å². The first kappa shape index (κ1) is 21.9. The summed E-state index contributed by atoms with van der Waals surface area (Å²) in [6.07, 6.45) is 6.77. The Morgan fingerprint density at radius 1 is 1.07 bits per heavy atom.